The van der Waals surface area contributed by atoms with Crippen LogP contribution in [-0.4, -0.2) is 26.1 Å². The summed E-state index contributed by atoms with van der Waals surface area (Å²) < 4.78 is 6.75. The molecule has 0 aliphatic rings. The fraction of sp³-hybridized carbons (Fsp3) is 0.200. The fourth-order valence-corrected chi connectivity index (χ4v) is 2.17. The van der Waals surface area contributed by atoms with E-state index >= 15 is 0 Å². The molecule has 0 radical (unpaired) electrons. The average molecular weight is 295 g/mol. The number of hydrogen-bond acceptors (Lipinski definition) is 5. The molecule has 0 fully saturated rings. The second-order valence-electron chi connectivity index (χ2n) is 4.65. The van der Waals surface area contributed by atoms with Gasteiger partial charge in [-0.1, -0.05) is 0 Å². The molecule has 3 rings (SSSR count). The topological polar surface area (TPSA) is 96.6 Å². The lowest BCUT2D eigenvalue weighted by molar-refractivity contribution is 0.340. The summed E-state index contributed by atoms with van der Waals surface area (Å²) in [5.41, 5.74) is 1.32. The maximum Gasteiger partial charge on any atom is 0.327 e. The van der Waals surface area contributed by atoms with Gasteiger partial charge in [-0.3, -0.25) is 4.57 Å². The molecular formula is C15H13N5O2. The molecule has 1 aromatic carbocycles. The van der Waals surface area contributed by atoms with Gasteiger partial charge < -0.3 is 9.72 Å². The number of aromatic nitrogens is 4. The number of H-pyrrole nitrogens is 1. The molecule has 0 aliphatic heterocycles. The van der Waals surface area contributed by atoms with Gasteiger partial charge in [0.1, 0.15) is 17.3 Å². The van der Waals surface area contributed by atoms with Crippen LogP contribution in [0.5, 0.6) is 5.75 Å². The number of imidazole rings is 1. The van der Waals surface area contributed by atoms with Gasteiger partial charge in [-0.25, -0.2) is 14.8 Å². The van der Waals surface area contributed by atoms with Crippen LogP contribution in [0.4, 0.5) is 0 Å². The highest BCUT2D eigenvalue weighted by Gasteiger charge is 2.14. The van der Waals surface area contributed by atoms with Crippen molar-refractivity contribution in [2.24, 2.45) is 7.05 Å². The molecule has 110 valence electrons. The first kappa shape index (κ1) is 13.8. The van der Waals surface area contributed by atoms with E-state index in [1.165, 1.54) is 4.57 Å². The minimum atomic E-state index is -0.329. The summed E-state index contributed by atoms with van der Waals surface area (Å²) in [5, 5.41) is 9.23. The van der Waals surface area contributed by atoms with Crippen molar-refractivity contribution in [1.29, 1.82) is 5.26 Å². The third-order valence-corrected chi connectivity index (χ3v) is 3.27. The smallest absolute Gasteiger partial charge is 0.327 e. The lowest BCUT2D eigenvalue weighted by atomic mass is 10.2. The predicted octanol–water partition coefficient (Wildman–Crippen LogP) is 1.59. The van der Waals surface area contributed by atoms with Crippen LogP contribution in [0.15, 0.2) is 29.1 Å². The van der Waals surface area contributed by atoms with Crippen LogP contribution >= 0.6 is 0 Å². The SMILES string of the molecule is CCOc1ccc(-c2nc(C#N)c3[nH]c(=O)n(C)c3n2)cc1. The molecule has 0 saturated carbocycles. The third-order valence-electron chi connectivity index (χ3n) is 3.27. The van der Waals surface area contributed by atoms with Crippen molar-refractivity contribution < 1.29 is 4.74 Å². The van der Waals surface area contributed by atoms with Crippen molar-refractivity contribution in [3.63, 3.8) is 0 Å². The van der Waals surface area contributed by atoms with E-state index in [0.717, 1.165) is 11.3 Å². The van der Waals surface area contributed by atoms with Gasteiger partial charge in [-0.15, -0.1) is 0 Å². The standard InChI is InChI=1S/C15H13N5O2/c1-3-22-10-6-4-9(5-7-10)13-17-11(8-16)12-14(19-13)20(2)15(21)18-12/h4-7H,3H2,1-2H3,(H,18,21). The Bertz CT molecular complexity index is 931. The van der Waals surface area contributed by atoms with Gasteiger partial charge >= 0.3 is 5.69 Å². The molecule has 2 aromatic heterocycles. The van der Waals surface area contributed by atoms with Gasteiger partial charge in [-0.2, -0.15) is 5.26 Å². The number of benzene rings is 1. The van der Waals surface area contributed by atoms with Crippen LogP contribution in [0.3, 0.4) is 0 Å². The first-order valence-electron chi connectivity index (χ1n) is 6.74. The molecule has 1 N–H and O–H groups in total. The van der Waals surface area contributed by atoms with E-state index < -0.39 is 0 Å². The Morgan fingerprint density at radius 3 is 2.68 bits per heavy atom. The first-order chi connectivity index (χ1) is 10.6. The lowest BCUT2D eigenvalue weighted by Gasteiger charge is -2.05. The number of nitrogens with one attached hydrogen (secondary N) is 1. The van der Waals surface area contributed by atoms with Crippen molar-refractivity contribution in [2.45, 2.75) is 6.92 Å². The Morgan fingerprint density at radius 2 is 2.05 bits per heavy atom. The van der Waals surface area contributed by atoms with Gasteiger partial charge in [-0.05, 0) is 31.2 Å². The summed E-state index contributed by atoms with van der Waals surface area (Å²) in [6, 6.07) is 9.26. The molecule has 2 heterocycles. The lowest BCUT2D eigenvalue weighted by Crippen LogP contribution is -2.12. The van der Waals surface area contributed by atoms with Crippen molar-refractivity contribution >= 4 is 11.2 Å². The molecule has 0 amide bonds. The number of nitrogens with zero attached hydrogens (tertiary/aromatic N) is 4. The summed E-state index contributed by atoms with van der Waals surface area (Å²) in [5.74, 6) is 1.14. The minimum absolute atomic E-state index is 0.145. The highest BCUT2D eigenvalue weighted by Crippen LogP contribution is 2.22. The van der Waals surface area contributed by atoms with E-state index in [-0.39, 0.29) is 11.4 Å². The number of hydrogen-bond donors (Lipinski definition) is 1. The monoisotopic (exact) mass is 295 g/mol. The Morgan fingerprint density at radius 1 is 1.32 bits per heavy atom. The number of fused-ring (bicyclic) bond motifs is 1. The third kappa shape index (κ3) is 2.20. The van der Waals surface area contributed by atoms with Crippen LogP contribution in [0.1, 0.15) is 12.6 Å². The van der Waals surface area contributed by atoms with Crippen molar-refractivity contribution in [1.82, 2.24) is 19.5 Å². The first-order valence-corrected chi connectivity index (χ1v) is 6.74. The van der Waals surface area contributed by atoms with Crippen LogP contribution in [0, 0.1) is 11.3 Å². The fourth-order valence-electron chi connectivity index (χ4n) is 2.17. The number of ether oxygens (including phenoxy) is 1. The predicted molar refractivity (Wildman–Crippen MR) is 80.4 cm³/mol. The molecule has 0 atom stereocenters. The molecule has 7 heteroatoms. The van der Waals surface area contributed by atoms with Crippen LogP contribution in [0.2, 0.25) is 0 Å². The van der Waals surface area contributed by atoms with Gasteiger partial charge in [0, 0.05) is 12.6 Å². The van der Waals surface area contributed by atoms with Crippen LogP contribution in [-0.2, 0) is 7.05 Å². The molecular weight excluding hydrogens is 282 g/mol. The van der Waals surface area contributed by atoms with Crippen molar-refractivity contribution in [2.75, 3.05) is 6.61 Å². The highest BCUT2D eigenvalue weighted by atomic mass is 16.5. The normalized spacial score (nSPS) is 10.6. The average Bonchev–Trinajstić information content (AvgIpc) is 2.83. The highest BCUT2D eigenvalue weighted by molar-refractivity contribution is 5.78. The molecule has 3 aromatic rings. The summed E-state index contributed by atoms with van der Waals surface area (Å²) in [4.78, 5) is 22.9. The Labute approximate surface area is 125 Å². The largest absolute Gasteiger partial charge is 0.494 e. The molecule has 0 saturated heterocycles. The number of aromatic amines is 1. The summed E-state index contributed by atoms with van der Waals surface area (Å²) in [6.45, 7) is 2.50. The van der Waals surface area contributed by atoms with Gasteiger partial charge in [0.25, 0.3) is 0 Å². The molecule has 0 spiro atoms. The summed E-state index contributed by atoms with van der Waals surface area (Å²) >= 11 is 0. The van der Waals surface area contributed by atoms with Gasteiger partial charge in [0.2, 0.25) is 0 Å². The van der Waals surface area contributed by atoms with Gasteiger partial charge in [0.05, 0.1) is 6.61 Å². The van der Waals surface area contributed by atoms with Crippen LogP contribution < -0.4 is 10.4 Å². The summed E-state index contributed by atoms with van der Waals surface area (Å²) in [6.07, 6.45) is 0. The Balaban J connectivity index is 2.17. The quantitative estimate of drug-likeness (QED) is 0.791. The van der Waals surface area contributed by atoms with E-state index in [4.69, 9.17) is 4.74 Å². The number of aryl methyl sites for hydroxylation is 1. The minimum Gasteiger partial charge on any atom is -0.494 e. The van der Waals surface area contributed by atoms with Crippen molar-refractivity contribution in [3.8, 4) is 23.2 Å². The number of nitriles is 1. The summed E-state index contributed by atoms with van der Waals surface area (Å²) in [7, 11) is 1.59. The van der Waals surface area contributed by atoms with Crippen molar-refractivity contribution in [3.05, 3.63) is 40.4 Å². The van der Waals surface area contributed by atoms with E-state index in [2.05, 4.69) is 15.0 Å². The second-order valence-corrected chi connectivity index (χ2v) is 4.65. The second kappa shape index (κ2) is 5.33. The molecule has 22 heavy (non-hydrogen) atoms. The molecule has 0 bridgehead atoms. The van der Waals surface area contributed by atoms with Gasteiger partial charge in [0.15, 0.2) is 17.2 Å². The maximum atomic E-state index is 11.7. The van der Waals surface area contributed by atoms with E-state index in [9.17, 15) is 10.1 Å². The van der Waals surface area contributed by atoms with E-state index in [1.54, 1.807) is 7.05 Å². The van der Waals surface area contributed by atoms with Crippen LogP contribution in [0.25, 0.3) is 22.6 Å². The number of rotatable bonds is 3. The molecule has 0 unspecified atom stereocenters. The Kier molecular flexibility index (Phi) is 3.35. The maximum absolute atomic E-state index is 11.7. The zero-order valence-electron chi connectivity index (χ0n) is 12.1. The zero-order chi connectivity index (χ0) is 15.7. The van der Waals surface area contributed by atoms with E-state index in [0.29, 0.717) is 23.6 Å². The zero-order valence-corrected chi connectivity index (χ0v) is 12.1. The molecule has 0 aliphatic carbocycles. The Hall–Kier alpha value is -3.14. The molecule has 7 nitrogen and oxygen atoms in total. The van der Waals surface area contributed by atoms with E-state index in [1.807, 2.05) is 37.3 Å².